The zero-order chi connectivity index (χ0) is 16.1. The molecule has 1 aromatic heterocycles. The third-order valence-electron chi connectivity index (χ3n) is 3.33. The predicted octanol–water partition coefficient (Wildman–Crippen LogP) is 3.89. The van der Waals surface area contributed by atoms with Gasteiger partial charge in [0.2, 0.25) is 0 Å². The highest BCUT2D eigenvalue weighted by Gasteiger charge is 2.12. The zero-order valence-corrected chi connectivity index (χ0v) is 13.5. The van der Waals surface area contributed by atoms with Gasteiger partial charge in [0.05, 0.1) is 11.3 Å². The van der Waals surface area contributed by atoms with Crippen molar-refractivity contribution in [2.24, 2.45) is 0 Å². The van der Waals surface area contributed by atoms with E-state index in [9.17, 15) is 9.59 Å². The minimum atomic E-state index is -0.866. The Kier molecular flexibility index (Phi) is 5.33. The molecule has 0 unspecified atom stereocenters. The molecule has 2 N–H and O–H groups in total. The molecule has 1 amide bonds. The van der Waals surface area contributed by atoms with Crippen molar-refractivity contribution in [1.82, 2.24) is 0 Å². The molecule has 4 nitrogen and oxygen atoms in total. The maximum Gasteiger partial charge on any atom is 0.307 e. The lowest BCUT2D eigenvalue weighted by Crippen LogP contribution is -2.10. The van der Waals surface area contributed by atoms with Crippen LogP contribution in [0.2, 0.25) is 0 Å². The standard InChI is InChI=1S/C17H19NO3S/c1-3-4-13-10-15(22-11(13)2)17(21)18-14-7-5-12(6-8-14)9-16(19)20/h5-8,10H,3-4,9H2,1-2H3,(H,18,21)(H,19,20). The molecular formula is C17H19NO3S. The Balaban J connectivity index is 2.05. The molecule has 116 valence electrons. The van der Waals surface area contributed by atoms with Gasteiger partial charge in [0.25, 0.3) is 5.91 Å². The summed E-state index contributed by atoms with van der Waals surface area (Å²) in [6.07, 6.45) is 2.03. The number of carboxylic acid groups (broad SMARTS) is 1. The molecule has 1 heterocycles. The van der Waals surface area contributed by atoms with E-state index in [0.29, 0.717) is 16.1 Å². The first-order chi connectivity index (χ1) is 10.5. The minimum Gasteiger partial charge on any atom is -0.481 e. The van der Waals surface area contributed by atoms with Crippen molar-refractivity contribution >= 4 is 28.9 Å². The summed E-state index contributed by atoms with van der Waals surface area (Å²) in [6, 6.07) is 8.84. The van der Waals surface area contributed by atoms with Gasteiger partial charge in [0, 0.05) is 10.6 Å². The van der Waals surface area contributed by atoms with Crippen LogP contribution in [0, 0.1) is 6.92 Å². The lowest BCUT2D eigenvalue weighted by atomic mass is 10.1. The monoisotopic (exact) mass is 317 g/mol. The third kappa shape index (κ3) is 4.18. The highest BCUT2D eigenvalue weighted by atomic mass is 32.1. The summed E-state index contributed by atoms with van der Waals surface area (Å²) in [7, 11) is 0. The van der Waals surface area contributed by atoms with Gasteiger partial charge >= 0.3 is 5.97 Å². The highest BCUT2D eigenvalue weighted by molar-refractivity contribution is 7.14. The van der Waals surface area contributed by atoms with Crippen molar-refractivity contribution in [2.45, 2.75) is 33.1 Å². The maximum absolute atomic E-state index is 12.3. The Bertz CT molecular complexity index is 674. The Hall–Kier alpha value is -2.14. The fourth-order valence-electron chi connectivity index (χ4n) is 2.22. The van der Waals surface area contributed by atoms with Gasteiger partial charge in [-0.1, -0.05) is 25.5 Å². The van der Waals surface area contributed by atoms with Crippen LogP contribution >= 0.6 is 11.3 Å². The van der Waals surface area contributed by atoms with Crippen LogP contribution in [0.3, 0.4) is 0 Å². The van der Waals surface area contributed by atoms with Crippen LogP contribution < -0.4 is 5.32 Å². The number of hydrogen-bond acceptors (Lipinski definition) is 3. The van der Waals surface area contributed by atoms with Crippen molar-refractivity contribution in [3.8, 4) is 0 Å². The summed E-state index contributed by atoms with van der Waals surface area (Å²) in [5.41, 5.74) is 2.61. The number of rotatable bonds is 6. The second kappa shape index (κ2) is 7.22. The van der Waals surface area contributed by atoms with Crippen LogP contribution in [0.15, 0.2) is 30.3 Å². The smallest absolute Gasteiger partial charge is 0.307 e. The molecule has 1 aromatic carbocycles. The van der Waals surface area contributed by atoms with Crippen molar-refractivity contribution in [1.29, 1.82) is 0 Å². The normalized spacial score (nSPS) is 10.5. The van der Waals surface area contributed by atoms with Crippen LogP contribution in [0.1, 0.15) is 39.0 Å². The average molecular weight is 317 g/mol. The molecular weight excluding hydrogens is 298 g/mol. The summed E-state index contributed by atoms with van der Waals surface area (Å²) < 4.78 is 0. The number of anilines is 1. The molecule has 0 fully saturated rings. The van der Waals surface area contributed by atoms with E-state index in [1.54, 1.807) is 24.3 Å². The number of amides is 1. The van der Waals surface area contributed by atoms with Gasteiger partial charge in [-0.25, -0.2) is 0 Å². The molecule has 0 atom stereocenters. The number of carbonyl (C=O) groups excluding carboxylic acids is 1. The molecule has 0 saturated heterocycles. The first-order valence-electron chi connectivity index (χ1n) is 7.21. The molecule has 0 radical (unpaired) electrons. The summed E-state index contributed by atoms with van der Waals surface area (Å²) in [5.74, 6) is -0.990. The van der Waals surface area contributed by atoms with Crippen molar-refractivity contribution in [3.63, 3.8) is 0 Å². The largest absolute Gasteiger partial charge is 0.481 e. The minimum absolute atomic E-state index is 0.0152. The fourth-order valence-corrected chi connectivity index (χ4v) is 3.19. The van der Waals surface area contributed by atoms with Gasteiger partial charge in [-0.15, -0.1) is 11.3 Å². The van der Waals surface area contributed by atoms with E-state index in [1.807, 2.05) is 13.0 Å². The molecule has 0 saturated carbocycles. The second-order valence-corrected chi connectivity index (χ2v) is 6.42. The first kappa shape index (κ1) is 16.2. The van der Waals surface area contributed by atoms with E-state index in [2.05, 4.69) is 12.2 Å². The first-order valence-corrected chi connectivity index (χ1v) is 8.02. The van der Waals surface area contributed by atoms with E-state index in [0.717, 1.165) is 12.8 Å². The lowest BCUT2D eigenvalue weighted by Gasteiger charge is -2.04. The second-order valence-electron chi connectivity index (χ2n) is 5.16. The number of carboxylic acids is 1. The number of nitrogens with one attached hydrogen (secondary N) is 1. The summed E-state index contributed by atoms with van der Waals surface area (Å²) in [4.78, 5) is 24.8. The van der Waals surface area contributed by atoms with Crippen LogP contribution in [0.4, 0.5) is 5.69 Å². The summed E-state index contributed by atoms with van der Waals surface area (Å²) in [6.45, 7) is 4.16. The Labute approximate surface area is 133 Å². The van der Waals surface area contributed by atoms with Gasteiger partial charge < -0.3 is 10.4 Å². The number of hydrogen-bond donors (Lipinski definition) is 2. The van der Waals surface area contributed by atoms with E-state index < -0.39 is 5.97 Å². The quantitative estimate of drug-likeness (QED) is 0.849. The van der Waals surface area contributed by atoms with Crippen molar-refractivity contribution < 1.29 is 14.7 Å². The number of aryl methyl sites for hydroxylation is 2. The fraction of sp³-hybridized carbons (Fsp3) is 0.294. The lowest BCUT2D eigenvalue weighted by molar-refractivity contribution is -0.136. The van der Waals surface area contributed by atoms with Crippen LogP contribution in [-0.4, -0.2) is 17.0 Å². The number of aliphatic carboxylic acids is 1. The number of benzene rings is 1. The molecule has 0 aliphatic heterocycles. The number of carbonyl (C=O) groups is 2. The molecule has 0 aliphatic carbocycles. The molecule has 0 bridgehead atoms. The molecule has 2 rings (SSSR count). The van der Waals surface area contributed by atoms with Gasteiger partial charge in [0.15, 0.2) is 0 Å². The summed E-state index contributed by atoms with van der Waals surface area (Å²) in [5, 5.41) is 11.6. The van der Waals surface area contributed by atoms with E-state index in [1.165, 1.54) is 21.8 Å². The third-order valence-corrected chi connectivity index (χ3v) is 4.42. The Morgan fingerprint density at radius 3 is 2.50 bits per heavy atom. The molecule has 2 aromatic rings. The van der Waals surface area contributed by atoms with Crippen LogP contribution in [0.5, 0.6) is 0 Å². The topological polar surface area (TPSA) is 66.4 Å². The predicted molar refractivity (Wildman–Crippen MR) is 88.8 cm³/mol. The van der Waals surface area contributed by atoms with Gasteiger partial charge in [-0.2, -0.15) is 0 Å². The molecule has 5 heteroatoms. The molecule has 0 aliphatic rings. The molecule has 0 spiro atoms. The van der Waals surface area contributed by atoms with Crippen LogP contribution in [-0.2, 0) is 17.6 Å². The Morgan fingerprint density at radius 1 is 1.23 bits per heavy atom. The Morgan fingerprint density at radius 2 is 1.91 bits per heavy atom. The van der Waals surface area contributed by atoms with Crippen molar-refractivity contribution in [2.75, 3.05) is 5.32 Å². The summed E-state index contributed by atoms with van der Waals surface area (Å²) >= 11 is 1.50. The van der Waals surface area contributed by atoms with E-state index >= 15 is 0 Å². The van der Waals surface area contributed by atoms with Gasteiger partial charge in [0.1, 0.15) is 0 Å². The van der Waals surface area contributed by atoms with E-state index in [4.69, 9.17) is 5.11 Å². The average Bonchev–Trinajstić information content (AvgIpc) is 2.82. The number of thiophene rings is 1. The SMILES string of the molecule is CCCc1cc(C(=O)Nc2ccc(CC(=O)O)cc2)sc1C. The molecule has 22 heavy (non-hydrogen) atoms. The van der Waals surface area contributed by atoms with Crippen molar-refractivity contribution in [3.05, 3.63) is 51.2 Å². The maximum atomic E-state index is 12.3. The van der Waals surface area contributed by atoms with Gasteiger partial charge in [-0.3, -0.25) is 9.59 Å². The zero-order valence-electron chi connectivity index (χ0n) is 12.7. The van der Waals surface area contributed by atoms with E-state index in [-0.39, 0.29) is 12.3 Å². The van der Waals surface area contributed by atoms with Crippen LogP contribution in [0.25, 0.3) is 0 Å². The highest BCUT2D eigenvalue weighted by Crippen LogP contribution is 2.24. The van der Waals surface area contributed by atoms with Gasteiger partial charge in [-0.05, 0) is 42.7 Å².